The third kappa shape index (κ3) is 3.18. The minimum atomic E-state index is -0.636. The van der Waals surface area contributed by atoms with E-state index in [4.69, 9.17) is 16.3 Å². The Bertz CT molecular complexity index is 370. The van der Waals surface area contributed by atoms with Crippen LogP contribution in [0.15, 0.2) is 18.2 Å². The highest BCUT2D eigenvalue weighted by Gasteiger charge is 2.13. The normalized spacial score (nSPS) is 12.3. The fraction of sp³-hybridized carbons (Fsp3) is 0.300. The van der Waals surface area contributed by atoms with E-state index < -0.39 is 17.8 Å². The molecule has 1 unspecified atom stereocenters. The van der Waals surface area contributed by atoms with Gasteiger partial charge in [0.1, 0.15) is 11.9 Å². The molecule has 0 fully saturated rings. The van der Waals surface area contributed by atoms with Gasteiger partial charge in [-0.05, 0) is 25.1 Å². The minimum absolute atomic E-state index is 0.0522. The Kier molecular flexibility index (Phi) is 4.05. The molecule has 1 N–H and O–H groups in total. The highest BCUT2D eigenvalue weighted by Crippen LogP contribution is 2.19. The van der Waals surface area contributed by atoms with E-state index in [1.165, 1.54) is 25.3 Å². The predicted octanol–water partition coefficient (Wildman–Crippen LogP) is 2.45. The molecule has 0 saturated carbocycles. The molecule has 1 amide bonds. The molecule has 0 spiro atoms. The molecule has 0 aliphatic carbocycles. The molecule has 0 aliphatic rings. The Labute approximate surface area is 92.2 Å². The summed E-state index contributed by atoms with van der Waals surface area (Å²) in [6.07, 6.45) is -0.636. The van der Waals surface area contributed by atoms with Crippen LogP contribution in [-0.4, -0.2) is 19.1 Å². The molecule has 0 heterocycles. The summed E-state index contributed by atoms with van der Waals surface area (Å²) >= 11 is 5.66. The number of rotatable bonds is 3. The number of carbonyl (C=O) groups excluding carboxylic acids is 1. The summed E-state index contributed by atoms with van der Waals surface area (Å²) in [6.45, 7) is 1.57. The van der Waals surface area contributed by atoms with Gasteiger partial charge in [0.25, 0.3) is 5.91 Å². The number of methoxy groups -OCH3 is 1. The largest absolute Gasteiger partial charge is 0.372 e. The molecule has 1 aromatic carbocycles. The summed E-state index contributed by atoms with van der Waals surface area (Å²) in [7, 11) is 1.40. The van der Waals surface area contributed by atoms with Crippen molar-refractivity contribution >= 4 is 23.2 Å². The van der Waals surface area contributed by atoms with E-state index >= 15 is 0 Å². The average Bonchev–Trinajstić information content (AvgIpc) is 2.22. The van der Waals surface area contributed by atoms with Gasteiger partial charge < -0.3 is 10.1 Å². The van der Waals surface area contributed by atoms with Crippen LogP contribution in [0.4, 0.5) is 10.1 Å². The molecule has 3 nitrogen and oxygen atoms in total. The van der Waals surface area contributed by atoms with Crippen molar-refractivity contribution < 1.29 is 13.9 Å². The number of ether oxygens (including phenoxy) is 1. The minimum Gasteiger partial charge on any atom is -0.372 e. The lowest BCUT2D eigenvalue weighted by atomic mass is 10.3. The van der Waals surface area contributed by atoms with Crippen molar-refractivity contribution in [3.05, 3.63) is 29.0 Å². The monoisotopic (exact) mass is 231 g/mol. The van der Waals surface area contributed by atoms with Crippen LogP contribution in [0, 0.1) is 5.82 Å². The van der Waals surface area contributed by atoms with Gasteiger partial charge in [0.2, 0.25) is 0 Å². The second-order valence-electron chi connectivity index (χ2n) is 2.99. The molecular formula is C10H11ClFNO2. The van der Waals surface area contributed by atoms with Gasteiger partial charge in [-0.1, -0.05) is 11.6 Å². The summed E-state index contributed by atoms with van der Waals surface area (Å²) in [5, 5.41) is 2.74. The first kappa shape index (κ1) is 11.9. The maximum absolute atomic E-state index is 13.2. The Morgan fingerprint density at radius 3 is 2.87 bits per heavy atom. The topological polar surface area (TPSA) is 38.3 Å². The van der Waals surface area contributed by atoms with Crippen molar-refractivity contribution in [2.45, 2.75) is 13.0 Å². The highest BCUT2D eigenvalue weighted by atomic mass is 35.5. The van der Waals surface area contributed by atoms with Crippen LogP contribution in [0.2, 0.25) is 5.02 Å². The van der Waals surface area contributed by atoms with Crippen LogP contribution in [0.5, 0.6) is 0 Å². The van der Waals surface area contributed by atoms with Gasteiger partial charge in [0.05, 0.1) is 5.69 Å². The number of carbonyl (C=O) groups is 1. The first-order valence-corrected chi connectivity index (χ1v) is 4.71. The molecule has 1 aromatic rings. The van der Waals surface area contributed by atoms with E-state index in [1.807, 2.05) is 0 Å². The highest BCUT2D eigenvalue weighted by molar-refractivity contribution is 6.30. The lowest BCUT2D eigenvalue weighted by Gasteiger charge is -2.11. The summed E-state index contributed by atoms with van der Waals surface area (Å²) < 4.78 is 18.0. The van der Waals surface area contributed by atoms with Crippen LogP contribution in [0.25, 0.3) is 0 Å². The molecule has 0 radical (unpaired) electrons. The number of anilines is 1. The summed E-state index contributed by atoms with van der Waals surface area (Å²) in [5.41, 5.74) is 0.0522. The second-order valence-corrected chi connectivity index (χ2v) is 3.43. The molecular weight excluding hydrogens is 221 g/mol. The molecule has 1 atom stereocenters. The van der Waals surface area contributed by atoms with E-state index in [1.54, 1.807) is 6.92 Å². The van der Waals surface area contributed by atoms with Gasteiger partial charge >= 0.3 is 0 Å². The van der Waals surface area contributed by atoms with E-state index in [9.17, 15) is 9.18 Å². The number of nitrogens with one attached hydrogen (secondary N) is 1. The van der Waals surface area contributed by atoms with E-state index in [0.717, 1.165) is 0 Å². The van der Waals surface area contributed by atoms with Crippen molar-refractivity contribution in [3.8, 4) is 0 Å². The van der Waals surface area contributed by atoms with Crippen LogP contribution in [-0.2, 0) is 9.53 Å². The fourth-order valence-corrected chi connectivity index (χ4v) is 1.11. The molecule has 5 heteroatoms. The Morgan fingerprint density at radius 2 is 2.27 bits per heavy atom. The van der Waals surface area contributed by atoms with Gasteiger partial charge in [-0.15, -0.1) is 0 Å². The van der Waals surface area contributed by atoms with Gasteiger partial charge in [-0.3, -0.25) is 4.79 Å². The van der Waals surface area contributed by atoms with Crippen molar-refractivity contribution in [1.82, 2.24) is 0 Å². The zero-order valence-corrected chi connectivity index (χ0v) is 9.14. The van der Waals surface area contributed by atoms with Crippen LogP contribution in [0.1, 0.15) is 6.92 Å². The first-order valence-electron chi connectivity index (χ1n) is 4.33. The Morgan fingerprint density at radius 1 is 1.60 bits per heavy atom. The first-order chi connectivity index (χ1) is 7.04. The van der Waals surface area contributed by atoms with Crippen molar-refractivity contribution in [2.24, 2.45) is 0 Å². The molecule has 15 heavy (non-hydrogen) atoms. The second kappa shape index (κ2) is 5.09. The van der Waals surface area contributed by atoms with Crippen molar-refractivity contribution in [3.63, 3.8) is 0 Å². The number of benzene rings is 1. The van der Waals surface area contributed by atoms with Gasteiger partial charge in [0.15, 0.2) is 0 Å². The number of amides is 1. The number of hydrogen-bond donors (Lipinski definition) is 1. The fourth-order valence-electron chi connectivity index (χ4n) is 0.935. The maximum atomic E-state index is 13.2. The van der Waals surface area contributed by atoms with Gasteiger partial charge in [0, 0.05) is 12.1 Å². The zero-order chi connectivity index (χ0) is 11.4. The summed E-state index contributed by atoms with van der Waals surface area (Å²) in [4.78, 5) is 11.4. The molecule has 82 valence electrons. The Hall–Kier alpha value is -1.13. The van der Waals surface area contributed by atoms with E-state index in [-0.39, 0.29) is 5.69 Å². The van der Waals surface area contributed by atoms with Crippen LogP contribution in [0.3, 0.4) is 0 Å². The van der Waals surface area contributed by atoms with E-state index in [0.29, 0.717) is 5.02 Å². The number of halogens is 2. The van der Waals surface area contributed by atoms with Gasteiger partial charge in [-0.2, -0.15) is 0 Å². The molecule has 1 rings (SSSR count). The smallest absolute Gasteiger partial charge is 0.253 e. The lowest BCUT2D eigenvalue weighted by molar-refractivity contribution is -0.124. The van der Waals surface area contributed by atoms with Crippen LogP contribution >= 0.6 is 11.6 Å². The zero-order valence-electron chi connectivity index (χ0n) is 8.38. The lowest BCUT2D eigenvalue weighted by Crippen LogP contribution is -2.26. The quantitative estimate of drug-likeness (QED) is 0.868. The predicted molar refractivity (Wildman–Crippen MR) is 56.5 cm³/mol. The van der Waals surface area contributed by atoms with Crippen LogP contribution < -0.4 is 5.32 Å². The molecule has 0 aliphatic heterocycles. The molecule has 0 saturated heterocycles. The maximum Gasteiger partial charge on any atom is 0.253 e. The Balaban J connectivity index is 2.80. The number of hydrogen-bond acceptors (Lipinski definition) is 2. The molecule has 0 aromatic heterocycles. The third-order valence-electron chi connectivity index (χ3n) is 1.91. The SMILES string of the molecule is COC(C)C(=O)Nc1cc(Cl)ccc1F. The summed E-state index contributed by atoms with van der Waals surface area (Å²) in [6, 6.07) is 3.94. The van der Waals surface area contributed by atoms with Crippen molar-refractivity contribution in [2.75, 3.05) is 12.4 Å². The van der Waals surface area contributed by atoms with Gasteiger partial charge in [-0.25, -0.2) is 4.39 Å². The third-order valence-corrected chi connectivity index (χ3v) is 2.14. The summed E-state index contributed by atoms with van der Waals surface area (Å²) in [5.74, 6) is -0.949. The van der Waals surface area contributed by atoms with E-state index in [2.05, 4.69) is 5.32 Å². The van der Waals surface area contributed by atoms with Crippen molar-refractivity contribution in [1.29, 1.82) is 0 Å². The standard InChI is InChI=1S/C10H11ClFNO2/c1-6(15-2)10(14)13-9-5-7(11)3-4-8(9)12/h3-6H,1-2H3,(H,13,14). The average molecular weight is 232 g/mol. The molecule has 0 bridgehead atoms.